The van der Waals surface area contributed by atoms with Crippen molar-refractivity contribution in [1.82, 2.24) is 4.72 Å². The van der Waals surface area contributed by atoms with Gasteiger partial charge >= 0.3 is 0 Å². The van der Waals surface area contributed by atoms with E-state index in [9.17, 15) is 8.42 Å². The summed E-state index contributed by atoms with van der Waals surface area (Å²) >= 11 is 6.59. The number of anilines is 1. The van der Waals surface area contributed by atoms with Gasteiger partial charge < -0.3 is 5.73 Å². The number of rotatable bonds is 6. The number of halogens is 2. The molecule has 21 heavy (non-hydrogen) atoms. The SMILES string of the molecule is Nc1cc(Br)c(S(=O)(=O)NCC(C2CC2)C2CC2)c(Br)c1. The molecule has 3 rings (SSSR count). The van der Waals surface area contributed by atoms with Crippen LogP contribution in [0, 0.1) is 17.8 Å². The van der Waals surface area contributed by atoms with Crippen molar-refractivity contribution in [3.8, 4) is 0 Å². The molecule has 0 radical (unpaired) electrons. The molecule has 0 bridgehead atoms. The average molecular weight is 438 g/mol. The predicted octanol–water partition coefficient (Wildman–Crippen LogP) is 3.51. The summed E-state index contributed by atoms with van der Waals surface area (Å²) < 4.78 is 28.9. The van der Waals surface area contributed by atoms with Gasteiger partial charge in [-0.3, -0.25) is 0 Å². The van der Waals surface area contributed by atoms with Crippen LogP contribution in [0.15, 0.2) is 26.0 Å². The van der Waals surface area contributed by atoms with Crippen LogP contribution in [0.5, 0.6) is 0 Å². The number of hydrogen-bond acceptors (Lipinski definition) is 3. The highest BCUT2D eigenvalue weighted by molar-refractivity contribution is 9.11. The third kappa shape index (κ3) is 3.63. The maximum absolute atomic E-state index is 12.6. The van der Waals surface area contributed by atoms with E-state index in [0.717, 1.165) is 11.8 Å². The van der Waals surface area contributed by atoms with Gasteiger partial charge in [0, 0.05) is 21.2 Å². The van der Waals surface area contributed by atoms with Crippen LogP contribution in [-0.2, 0) is 10.0 Å². The highest BCUT2D eigenvalue weighted by Crippen LogP contribution is 2.49. The molecular weight excluding hydrogens is 420 g/mol. The van der Waals surface area contributed by atoms with E-state index in [0.29, 0.717) is 27.1 Å². The van der Waals surface area contributed by atoms with Crippen LogP contribution in [-0.4, -0.2) is 15.0 Å². The predicted molar refractivity (Wildman–Crippen MR) is 90.4 cm³/mol. The molecule has 3 N–H and O–H groups in total. The Morgan fingerprint density at radius 3 is 2.05 bits per heavy atom. The van der Waals surface area contributed by atoms with Gasteiger partial charge in [-0.05, 0) is 87.4 Å². The normalized spacial score (nSPS) is 19.2. The Bertz CT molecular complexity index is 620. The molecule has 2 saturated carbocycles. The number of nitrogens with two attached hydrogens (primary N) is 1. The highest BCUT2D eigenvalue weighted by atomic mass is 79.9. The molecule has 1 aromatic carbocycles. The van der Waals surface area contributed by atoms with E-state index in [-0.39, 0.29) is 4.90 Å². The Labute approximate surface area is 142 Å². The van der Waals surface area contributed by atoms with Crippen LogP contribution in [0.25, 0.3) is 0 Å². The molecule has 0 heterocycles. The van der Waals surface area contributed by atoms with Gasteiger partial charge in [-0.25, -0.2) is 13.1 Å². The van der Waals surface area contributed by atoms with Gasteiger partial charge in [0.2, 0.25) is 10.0 Å². The van der Waals surface area contributed by atoms with Crippen LogP contribution >= 0.6 is 31.9 Å². The smallest absolute Gasteiger partial charge is 0.242 e. The summed E-state index contributed by atoms with van der Waals surface area (Å²) in [6, 6.07) is 3.22. The van der Waals surface area contributed by atoms with Gasteiger partial charge in [0.25, 0.3) is 0 Å². The number of sulfonamides is 1. The van der Waals surface area contributed by atoms with E-state index in [1.54, 1.807) is 12.1 Å². The first-order valence-electron chi connectivity index (χ1n) is 7.12. The molecule has 2 aliphatic rings. The summed E-state index contributed by atoms with van der Waals surface area (Å²) in [6.45, 7) is 0.543. The van der Waals surface area contributed by atoms with Crippen LogP contribution < -0.4 is 10.5 Å². The van der Waals surface area contributed by atoms with Crippen molar-refractivity contribution in [3.05, 3.63) is 21.1 Å². The summed E-state index contributed by atoms with van der Waals surface area (Å²) in [6.07, 6.45) is 4.99. The van der Waals surface area contributed by atoms with Crippen molar-refractivity contribution in [2.24, 2.45) is 17.8 Å². The van der Waals surface area contributed by atoms with E-state index in [1.807, 2.05) is 0 Å². The minimum atomic E-state index is -3.54. The van der Waals surface area contributed by atoms with Crippen molar-refractivity contribution >= 4 is 47.6 Å². The molecule has 116 valence electrons. The molecule has 0 amide bonds. The second-order valence-corrected chi connectivity index (χ2v) is 9.42. The van der Waals surface area contributed by atoms with E-state index >= 15 is 0 Å². The van der Waals surface area contributed by atoms with Crippen LogP contribution in [0.3, 0.4) is 0 Å². The third-order valence-corrected chi connectivity index (χ3v) is 7.55. The molecule has 0 aliphatic heterocycles. The van der Waals surface area contributed by atoms with Crippen molar-refractivity contribution in [2.45, 2.75) is 30.6 Å². The monoisotopic (exact) mass is 436 g/mol. The van der Waals surface area contributed by atoms with Gasteiger partial charge in [-0.2, -0.15) is 0 Å². The van der Waals surface area contributed by atoms with Crippen molar-refractivity contribution in [3.63, 3.8) is 0 Å². The largest absolute Gasteiger partial charge is 0.399 e. The minimum Gasteiger partial charge on any atom is -0.399 e. The first kappa shape index (κ1) is 15.8. The van der Waals surface area contributed by atoms with Gasteiger partial charge in [-0.15, -0.1) is 0 Å². The quantitative estimate of drug-likeness (QED) is 0.668. The molecule has 2 fully saturated rings. The average Bonchev–Trinajstić information content (AvgIpc) is 3.22. The molecule has 0 saturated heterocycles. The fourth-order valence-electron chi connectivity index (χ4n) is 2.88. The maximum Gasteiger partial charge on any atom is 0.242 e. The van der Waals surface area contributed by atoms with Crippen LogP contribution in [0.1, 0.15) is 25.7 Å². The van der Waals surface area contributed by atoms with Gasteiger partial charge in [0.15, 0.2) is 0 Å². The van der Waals surface area contributed by atoms with E-state index < -0.39 is 10.0 Å². The number of benzene rings is 1. The zero-order valence-corrected chi connectivity index (χ0v) is 15.5. The zero-order chi connectivity index (χ0) is 15.2. The van der Waals surface area contributed by atoms with E-state index in [2.05, 4.69) is 36.6 Å². The highest BCUT2D eigenvalue weighted by Gasteiger charge is 2.41. The minimum absolute atomic E-state index is 0.224. The summed E-state index contributed by atoms with van der Waals surface area (Å²) in [5.74, 6) is 1.95. The molecule has 0 aromatic heterocycles. The van der Waals surface area contributed by atoms with Gasteiger partial charge in [0.1, 0.15) is 4.90 Å². The van der Waals surface area contributed by atoms with E-state index in [1.165, 1.54) is 25.7 Å². The second kappa shape index (κ2) is 5.83. The fourth-order valence-corrected chi connectivity index (χ4v) is 6.57. The Balaban J connectivity index is 1.77. The first-order valence-corrected chi connectivity index (χ1v) is 10.2. The van der Waals surface area contributed by atoms with Gasteiger partial charge in [-0.1, -0.05) is 0 Å². The lowest BCUT2D eigenvalue weighted by Gasteiger charge is -2.17. The summed E-state index contributed by atoms with van der Waals surface area (Å²) in [7, 11) is -3.54. The first-order chi connectivity index (χ1) is 9.88. The number of hydrogen-bond donors (Lipinski definition) is 2. The Kier molecular flexibility index (Phi) is 4.38. The molecule has 2 aliphatic carbocycles. The van der Waals surface area contributed by atoms with Crippen molar-refractivity contribution in [1.29, 1.82) is 0 Å². The summed E-state index contributed by atoms with van der Waals surface area (Å²) in [5.41, 5.74) is 6.23. The maximum atomic E-state index is 12.6. The zero-order valence-electron chi connectivity index (χ0n) is 11.5. The molecule has 0 spiro atoms. The number of nitrogen functional groups attached to an aromatic ring is 1. The Morgan fingerprint density at radius 1 is 1.14 bits per heavy atom. The van der Waals surface area contributed by atoms with Crippen LogP contribution in [0.4, 0.5) is 5.69 Å². The van der Waals surface area contributed by atoms with Gasteiger partial charge in [0.05, 0.1) is 0 Å². The molecule has 7 heteroatoms. The molecular formula is C14H18Br2N2O2S. The lowest BCUT2D eigenvalue weighted by atomic mass is 9.99. The number of nitrogens with one attached hydrogen (secondary N) is 1. The summed E-state index contributed by atoms with van der Waals surface area (Å²) in [4.78, 5) is 0.224. The second-order valence-electron chi connectivity index (χ2n) is 6.00. The lowest BCUT2D eigenvalue weighted by molar-refractivity contribution is 0.401. The summed E-state index contributed by atoms with van der Waals surface area (Å²) in [5, 5.41) is 0. The molecule has 0 unspecified atom stereocenters. The van der Waals surface area contributed by atoms with Crippen LogP contribution in [0.2, 0.25) is 0 Å². The molecule has 0 atom stereocenters. The molecule has 1 aromatic rings. The topological polar surface area (TPSA) is 72.2 Å². The third-order valence-electron chi connectivity index (χ3n) is 4.25. The van der Waals surface area contributed by atoms with Crippen molar-refractivity contribution < 1.29 is 8.42 Å². The standard InChI is InChI=1S/C14H18Br2N2O2S/c15-12-5-10(17)6-13(16)14(12)21(19,20)18-7-11(8-1-2-8)9-3-4-9/h5-6,8-9,11,18H,1-4,7,17H2. The Hall–Kier alpha value is -0.110. The molecule has 4 nitrogen and oxygen atoms in total. The van der Waals surface area contributed by atoms with Crippen molar-refractivity contribution in [2.75, 3.05) is 12.3 Å². The lowest BCUT2D eigenvalue weighted by Crippen LogP contribution is -2.31. The Morgan fingerprint density at radius 2 is 1.62 bits per heavy atom. The van der Waals surface area contributed by atoms with E-state index in [4.69, 9.17) is 5.73 Å². The fraction of sp³-hybridized carbons (Fsp3) is 0.571.